The van der Waals surface area contributed by atoms with Crippen molar-refractivity contribution in [2.75, 3.05) is 12.9 Å². The van der Waals surface area contributed by atoms with Crippen LogP contribution in [-0.4, -0.2) is 37.6 Å². The van der Waals surface area contributed by atoms with E-state index in [-0.39, 0.29) is 42.3 Å². The second kappa shape index (κ2) is 11.2. The molecule has 0 saturated heterocycles. The van der Waals surface area contributed by atoms with E-state index in [4.69, 9.17) is 9.47 Å². The summed E-state index contributed by atoms with van der Waals surface area (Å²) < 4.78 is 64.7. The molecule has 32 heavy (non-hydrogen) atoms. The molecule has 0 aliphatic carbocycles. The number of halogens is 3. The number of fused-ring (bicyclic) bond motifs is 1. The van der Waals surface area contributed by atoms with Crippen LogP contribution in [0.4, 0.5) is 13.2 Å². The van der Waals surface area contributed by atoms with Gasteiger partial charge in [0.25, 0.3) is 0 Å². The number of rotatable bonds is 8. The minimum Gasteiger partial charge on any atom is -1.00 e. The van der Waals surface area contributed by atoms with Crippen molar-refractivity contribution < 1.29 is 58.2 Å². The molecule has 2 atom stereocenters. The predicted octanol–water partition coefficient (Wildman–Crippen LogP) is 2.23. The Hall–Kier alpha value is -1.30. The van der Waals surface area contributed by atoms with Gasteiger partial charge in [0.05, 0.1) is 29.0 Å². The Kier molecular flexibility index (Phi) is 9.45. The molecule has 0 spiro atoms. The number of unbranched alkanes of at least 4 members (excludes halogenated alkanes) is 1. The second-order valence-electron chi connectivity index (χ2n) is 7.05. The molecule has 0 radical (unpaired) electrons. The van der Waals surface area contributed by atoms with Crippen LogP contribution in [-0.2, 0) is 22.3 Å². The number of pyridine rings is 1. The van der Waals surface area contributed by atoms with Gasteiger partial charge in [-0.25, -0.2) is 4.98 Å². The number of imidazole rings is 1. The van der Waals surface area contributed by atoms with Crippen molar-refractivity contribution >= 4 is 22.4 Å². The van der Waals surface area contributed by atoms with Gasteiger partial charge < -0.3 is 15.5 Å². The smallest absolute Gasteiger partial charge is 1.00 e. The molecule has 0 aliphatic heterocycles. The summed E-state index contributed by atoms with van der Waals surface area (Å²) in [6.45, 7) is 6.18. The Bertz CT molecular complexity index is 1070. The first kappa shape index (κ1) is 26.9. The maximum Gasteiger partial charge on any atom is 1.00 e. The molecule has 3 aromatic rings. The van der Waals surface area contributed by atoms with Crippen molar-refractivity contribution in [3.63, 3.8) is 0 Å². The number of benzene rings is 1. The fourth-order valence-electron chi connectivity index (χ4n) is 3.12. The molecule has 0 bridgehead atoms. The molecule has 170 valence electrons. The summed E-state index contributed by atoms with van der Waals surface area (Å²) >= 11 is -1.58. The van der Waals surface area contributed by atoms with Crippen LogP contribution in [0, 0.1) is 6.92 Å². The van der Waals surface area contributed by atoms with Crippen LogP contribution in [0.5, 0.6) is 5.75 Å². The number of aromatic nitrogens is 3. The van der Waals surface area contributed by atoms with Crippen molar-refractivity contribution in [1.82, 2.24) is 13.9 Å². The molecule has 2 aromatic heterocycles. The minimum absolute atomic E-state index is 0. The Morgan fingerprint density at radius 3 is 2.62 bits per heavy atom. The third-order valence-electron chi connectivity index (χ3n) is 4.71. The SMILES string of the molecule is CCCCOC(C)Oc1ccnc(-c2nc3cc(C(F)(F)F)ccc3n2[S+](C)[O-])c1C.[H-].[Na+]. The van der Waals surface area contributed by atoms with E-state index in [0.717, 1.165) is 25.0 Å². The van der Waals surface area contributed by atoms with Crippen LogP contribution in [0.15, 0.2) is 30.5 Å². The van der Waals surface area contributed by atoms with Gasteiger partial charge in [0.2, 0.25) is 5.82 Å². The number of hydrogen-bond acceptors (Lipinski definition) is 5. The molecule has 0 aliphatic rings. The summed E-state index contributed by atoms with van der Waals surface area (Å²) in [4.78, 5) is 8.68. The van der Waals surface area contributed by atoms with Crippen molar-refractivity contribution in [3.8, 4) is 17.3 Å². The number of hydrogen-bond donors (Lipinski definition) is 0. The molecule has 0 N–H and O–H groups in total. The van der Waals surface area contributed by atoms with E-state index in [9.17, 15) is 17.7 Å². The zero-order valence-corrected chi connectivity index (χ0v) is 21.5. The summed E-state index contributed by atoms with van der Waals surface area (Å²) in [6.07, 6.45) is -0.124. The molecule has 11 heteroatoms. The van der Waals surface area contributed by atoms with Crippen LogP contribution in [0.25, 0.3) is 22.6 Å². The molecule has 2 heterocycles. The largest absolute Gasteiger partial charge is 1.00 e. The van der Waals surface area contributed by atoms with Gasteiger partial charge in [-0.15, -0.1) is 3.97 Å². The Labute approximate surface area is 211 Å². The molecular weight excluding hydrogens is 454 g/mol. The van der Waals surface area contributed by atoms with Gasteiger partial charge in [0.1, 0.15) is 23.2 Å². The average molecular weight is 480 g/mol. The number of nitrogens with zero attached hydrogens (tertiary/aromatic N) is 3. The van der Waals surface area contributed by atoms with Gasteiger partial charge in [0.15, 0.2) is 6.29 Å². The van der Waals surface area contributed by atoms with Gasteiger partial charge in [-0.05, 0) is 44.5 Å². The van der Waals surface area contributed by atoms with E-state index in [1.807, 2.05) is 0 Å². The van der Waals surface area contributed by atoms with E-state index in [1.54, 1.807) is 19.9 Å². The van der Waals surface area contributed by atoms with Crippen molar-refractivity contribution in [1.29, 1.82) is 0 Å². The van der Waals surface area contributed by atoms with Gasteiger partial charge in [0, 0.05) is 11.8 Å². The van der Waals surface area contributed by atoms with E-state index >= 15 is 0 Å². The van der Waals surface area contributed by atoms with Crippen LogP contribution < -0.4 is 34.3 Å². The second-order valence-corrected chi connectivity index (χ2v) is 8.26. The number of ether oxygens (including phenoxy) is 2. The molecule has 0 amide bonds. The summed E-state index contributed by atoms with van der Waals surface area (Å²) in [5.41, 5.74) is 0.582. The topological polar surface area (TPSA) is 72.2 Å². The third-order valence-corrected chi connectivity index (χ3v) is 5.59. The summed E-state index contributed by atoms with van der Waals surface area (Å²) in [7, 11) is 0. The van der Waals surface area contributed by atoms with Gasteiger partial charge in [-0.1, -0.05) is 13.3 Å². The van der Waals surface area contributed by atoms with Crippen molar-refractivity contribution in [2.24, 2.45) is 0 Å². The van der Waals surface area contributed by atoms with Crippen LogP contribution >= 0.6 is 0 Å². The molecule has 2 unspecified atom stereocenters. The van der Waals surface area contributed by atoms with Crippen molar-refractivity contribution in [2.45, 2.75) is 46.1 Å². The fourth-order valence-corrected chi connectivity index (χ4v) is 3.92. The normalized spacial score (nSPS) is 13.6. The van der Waals surface area contributed by atoms with Gasteiger partial charge >= 0.3 is 35.7 Å². The van der Waals surface area contributed by atoms with E-state index < -0.39 is 29.4 Å². The summed E-state index contributed by atoms with van der Waals surface area (Å²) in [5.74, 6) is 0.711. The quantitative estimate of drug-likeness (QED) is 0.215. The first-order valence-corrected chi connectivity index (χ1v) is 11.3. The standard InChI is InChI=1S/C21H24F3N3O3S.Na.H/c1-5-6-11-29-14(3)30-18-9-10-25-19(13(18)2)20-26-16-12-15(21(22,23)24)7-8-17(16)27(20)31(4)28;;/h7-10,12,14H,5-6,11H2,1-4H3;;/q;+1;-1. The Morgan fingerprint density at radius 1 is 1.28 bits per heavy atom. The maximum absolute atomic E-state index is 13.1. The molecule has 3 rings (SSSR count). The first-order chi connectivity index (χ1) is 14.6. The monoisotopic (exact) mass is 479 g/mol. The predicted molar refractivity (Wildman–Crippen MR) is 114 cm³/mol. The first-order valence-electron chi connectivity index (χ1n) is 9.81. The zero-order chi connectivity index (χ0) is 22.8. The summed E-state index contributed by atoms with van der Waals surface area (Å²) in [5, 5.41) is 0. The summed E-state index contributed by atoms with van der Waals surface area (Å²) in [6, 6.07) is 4.85. The Morgan fingerprint density at radius 2 is 2.00 bits per heavy atom. The fraction of sp³-hybridized carbons (Fsp3) is 0.429. The zero-order valence-electron chi connectivity index (χ0n) is 19.7. The average Bonchev–Trinajstić information content (AvgIpc) is 3.08. The minimum atomic E-state index is -4.50. The van der Waals surface area contributed by atoms with E-state index in [0.29, 0.717) is 29.1 Å². The maximum atomic E-state index is 13.1. The van der Waals surface area contributed by atoms with Crippen LogP contribution in [0.1, 0.15) is 39.2 Å². The van der Waals surface area contributed by atoms with Gasteiger partial charge in [-0.2, -0.15) is 13.2 Å². The van der Waals surface area contributed by atoms with Crippen LogP contribution in [0.3, 0.4) is 0 Å². The molecule has 1 aromatic carbocycles. The van der Waals surface area contributed by atoms with E-state index in [2.05, 4.69) is 16.9 Å². The molecular formula is C21H25F3N3NaO3S. The Balaban J connectivity index is 0.00000272. The van der Waals surface area contributed by atoms with Gasteiger partial charge in [-0.3, -0.25) is 4.98 Å². The third kappa shape index (κ3) is 5.98. The van der Waals surface area contributed by atoms with E-state index in [1.165, 1.54) is 22.5 Å². The number of alkyl halides is 3. The molecule has 0 saturated carbocycles. The van der Waals surface area contributed by atoms with Crippen LogP contribution in [0.2, 0.25) is 0 Å². The molecule has 6 nitrogen and oxygen atoms in total. The van der Waals surface area contributed by atoms with Crippen molar-refractivity contribution in [3.05, 3.63) is 41.6 Å². The molecule has 0 fully saturated rings.